The van der Waals surface area contributed by atoms with E-state index in [-0.39, 0.29) is 4.47 Å². The summed E-state index contributed by atoms with van der Waals surface area (Å²) in [5, 5.41) is 3.65. The molecule has 0 unspecified atom stereocenters. The van der Waals surface area contributed by atoms with Gasteiger partial charge in [0, 0.05) is 24.5 Å². The van der Waals surface area contributed by atoms with Gasteiger partial charge in [-0.25, -0.2) is 0 Å². The third kappa shape index (κ3) is 14.9. The fraction of sp³-hybridized carbons (Fsp3) is 0.297. The first-order chi connectivity index (χ1) is 23.0. The lowest BCUT2D eigenvalue weighted by atomic mass is 10.0. The molecule has 51 heavy (non-hydrogen) atoms. The molecule has 0 radical (unpaired) electrons. The number of fused-ring (bicyclic) bond motifs is 2. The number of rotatable bonds is 2. The van der Waals surface area contributed by atoms with Crippen molar-refractivity contribution in [3.8, 4) is 40.6 Å². The minimum absolute atomic E-state index is 0.110. The van der Waals surface area contributed by atoms with Crippen LogP contribution in [-0.4, -0.2) is 38.1 Å². The van der Waals surface area contributed by atoms with Gasteiger partial charge in [-0.1, -0.05) is 92.8 Å². The predicted molar refractivity (Wildman–Crippen MR) is 232 cm³/mol. The second kappa shape index (κ2) is 17.6. The molecule has 0 saturated carbocycles. The van der Waals surface area contributed by atoms with Crippen LogP contribution in [0.2, 0.25) is 58.9 Å². The highest BCUT2D eigenvalue weighted by Crippen LogP contribution is 2.36. The molecule has 0 saturated heterocycles. The monoisotopic (exact) mass is 1020 g/mol. The minimum Gasteiger partial charge on any atom is -0.375 e. The molecule has 14 heteroatoms. The minimum atomic E-state index is -5.70. The largest absolute Gasteiger partial charge is 0.534 e. The summed E-state index contributed by atoms with van der Waals surface area (Å²) in [6, 6.07) is 14.8. The van der Waals surface area contributed by atoms with Gasteiger partial charge in [-0.2, -0.15) is 21.6 Å². The summed E-state index contributed by atoms with van der Waals surface area (Å²) in [5.74, 6) is 6.30. The van der Waals surface area contributed by atoms with Crippen molar-refractivity contribution in [3.63, 3.8) is 0 Å². The zero-order valence-electron chi connectivity index (χ0n) is 30.0. The molecular weight excluding hydrogens is 985 g/mol. The standard InChI is InChI=1S/C20H22Br2Si2.C12H7Br2F3O3S.C5H10Si/c1-23(2,3)9-7-15-11-17-12-16(8-10-24(4,5)6)20(22)14-18(17)13-19(15)21;1-6-2-7-5-11(20-21(18,19)12(15,16)17)10(14)4-8(7)3-9(6)13;1-5-6(2,3)4/h11-14H,1-6H3;2-5H,1H3;1H,2-4H3. The zero-order chi connectivity index (χ0) is 39.3. The van der Waals surface area contributed by atoms with Crippen molar-refractivity contribution in [2.24, 2.45) is 0 Å². The van der Waals surface area contributed by atoms with Gasteiger partial charge in [0.25, 0.3) is 0 Å². The average molecular weight is 1020 g/mol. The maximum absolute atomic E-state index is 12.3. The Morgan fingerprint density at radius 2 is 0.961 bits per heavy atom. The van der Waals surface area contributed by atoms with E-state index in [4.69, 9.17) is 6.42 Å². The van der Waals surface area contributed by atoms with Gasteiger partial charge in [-0.3, -0.25) is 0 Å². The Bertz CT molecular complexity index is 2150. The van der Waals surface area contributed by atoms with Gasteiger partial charge in [0.2, 0.25) is 0 Å². The Morgan fingerprint density at radius 1 is 0.608 bits per heavy atom. The van der Waals surface area contributed by atoms with Crippen LogP contribution in [0.1, 0.15) is 16.7 Å². The highest BCUT2D eigenvalue weighted by atomic mass is 79.9. The summed E-state index contributed by atoms with van der Waals surface area (Å²) in [7, 11) is -9.59. The van der Waals surface area contributed by atoms with Gasteiger partial charge in [-0.05, 0) is 124 Å². The first-order valence-electron chi connectivity index (χ1n) is 15.4. The number of alkyl halides is 3. The Balaban J connectivity index is 0.000000307. The lowest BCUT2D eigenvalue weighted by Crippen LogP contribution is -2.28. The van der Waals surface area contributed by atoms with Crippen molar-refractivity contribution in [1.82, 2.24) is 0 Å². The van der Waals surface area contributed by atoms with Gasteiger partial charge in [-0.15, -0.1) is 23.1 Å². The van der Waals surface area contributed by atoms with Gasteiger partial charge in [0.15, 0.2) is 5.75 Å². The van der Waals surface area contributed by atoms with E-state index in [0.717, 1.165) is 35.5 Å². The van der Waals surface area contributed by atoms with Crippen molar-refractivity contribution in [3.05, 3.63) is 83.1 Å². The number of aryl methyl sites for hydroxylation is 1. The van der Waals surface area contributed by atoms with E-state index < -0.39 is 45.6 Å². The molecule has 4 rings (SSSR count). The molecular formula is C37H39Br4F3O3SSi3. The molecule has 0 atom stereocenters. The van der Waals surface area contributed by atoms with Crippen molar-refractivity contribution in [2.75, 3.05) is 0 Å². The van der Waals surface area contributed by atoms with Crippen LogP contribution in [0.25, 0.3) is 21.5 Å². The Morgan fingerprint density at radius 3 is 1.33 bits per heavy atom. The first-order valence-corrected chi connectivity index (χ1v) is 30.5. The topological polar surface area (TPSA) is 43.4 Å². The van der Waals surface area contributed by atoms with E-state index in [9.17, 15) is 21.6 Å². The molecule has 0 spiro atoms. The normalized spacial score (nSPS) is 11.8. The molecule has 0 N–H and O–H groups in total. The van der Waals surface area contributed by atoms with Gasteiger partial charge in [0.1, 0.15) is 24.2 Å². The molecule has 0 fully saturated rings. The van der Waals surface area contributed by atoms with Crippen LogP contribution in [0.15, 0.2) is 66.4 Å². The molecule has 0 heterocycles. The molecule has 272 valence electrons. The van der Waals surface area contributed by atoms with Crippen LogP contribution < -0.4 is 4.18 Å². The number of halogens is 7. The highest BCUT2D eigenvalue weighted by Gasteiger charge is 2.48. The van der Waals surface area contributed by atoms with Crippen molar-refractivity contribution < 1.29 is 25.8 Å². The van der Waals surface area contributed by atoms with E-state index >= 15 is 0 Å². The van der Waals surface area contributed by atoms with Crippen LogP contribution in [0.5, 0.6) is 5.75 Å². The molecule has 0 aliphatic heterocycles. The van der Waals surface area contributed by atoms with Crippen LogP contribution in [0, 0.1) is 41.8 Å². The quantitative estimate of drug-likeness (QED) is 0.0870. The van der Waals surface area contributed by atoms with E-state index in [1.54, 1.807) is 19.1 Å². The maximum atomic E-state index is 12.3. The second-order valence-corrected chi connectivity index (χ2v) is 33.9. The number of benzene rings is 4. The molecule has 3 nitrogen and oxygen atoms in total. The van der Waals surface area contributed by atoms with Crippen LogP contribution in [-0.2, 0) is 10.1 Å². The highest BCUT2D eigenvalue weighted by molar-refractivity contribution is 9.11. The molecule has 0 bridgehead atoms. The molecule has 0 aliphatic carbocycles. The van der Waals surface area contributed by atoms with Crippen LogP contribution in [0.4, 0.5) is 13.2 Å². The molecule has 4 aromatic rings. The second-order valence-electron chi connectivity index (χ2n) is 14.6. The summed E-state index contributed by atoms with van der Waals surface area (Å²) in [5.41, 5.74) is 7.11. The molecule has 0 aromatic heterocycles. The van der Waals surface area contributed by atoms with E-state index in [0.29, 0.717) is 5.39 Å². The van der Waals surface area contributed by atoms with E-state index in [1.165, 1.54) is 22.9 Å². The van der Waals surface area contributed by atoms with Crippen molar-refractivity contribution in [1.29, 1.82) is 0 Å². The van der Waals surface area contributed by atoms with Crippen molar-refractivity contribution in [2.45, 2.75) is 71.4 Å². The van der Waals surface area contributed by atoms with Gasteiger partial charge >= 0.3 is 15.6 Å². The number of hydrogen-bond donors (Lipinski definition) is 0. The summed E-state index contributed by atoms with van der Waals surface area (Å²) in [6.07, 6.45) is 5.12. The number of terminal acetylenes is 1. The Kier molecular flexibility index (Phi) is 15.6. The predicted octanol–water partition coefficient (Wildman–Crippen LogP) is 13.2. The van der Waals surface area contributed by atoms with Gasteiger partial charge in [0.05, 0.1) is 4.47 Å². The fourth-order valence-corrected chi connectivity index (χ4v) is 6.93. The van der Waals surface area contributed by atoms with E-state index in [2.05, 4.69) is 180 Å². The average Bonchev–Trinajstić information content (AvgIpc) is 2.95. The first kappa shape index (κ1) is 45.3. The lowest BCUT2D eigenvalue weighted by molar-refractivity contribution is -0.0500. The van der Waals surface area contributed by atoms with Crippen LogP contribution >= 0.6 is 63.7 Å². The smallest absolute Gasteiger partial charge is 0.375 e. The van der Waals surface area contributed by atoms with Gasteiger partial charge < -0.3 is 4.18 Å². The summed E-state index contributed by atoms with van der Waals surface area (Å²) < 4.78 is 66.4. The Labute approximate surface area is 337 Å². The number of hydrogen-bond acceptors (Lipinski definition) is 3. The third-order valence-electron chi connectivity index (χ3n) is 6.24. The fourth-order valence-electron chi connectivity index (χ4n) is 3.61. The molecule has 4 aromatic carbocycles. The summed E-state index contributed by atoms with van der Waals surface area (Å²) >= 11 is 13.7. The molecule has 0 amide bonds. The summed E-state index contributed by atoms with van der Waals surface area (Å²) in [4.78, 5) is 0. The maximum Gasteiger partial charge on any atom is 0.534 e. The third-order valence-corrected chi connectivity index (χ3v) is 12.6. The lowest BCUT2D eigenvalue weighted by Gasteiger charge is -2.12. The zero-order valence-corrected chi connectivity index (χ0v) is 40.1. The summed E-state index contributed by atoms with van der Waals surface area (Å²) in [6.45, 7) is 21.8. The Hall–Kier alpha value is -1.81. The van der Waals surface area contributed by atoms with Crippen LogP contribution in [0.3, 0.4) is 0 Å². The SMILES string of the molecule is C#C[Si](C)(C)C.C[Si](C)(C)C#Cc1cc2cc(C#C[Si](C)(C)C)c(Br)cc2cc1Br.Cc1cc2cc(OS(=O)(=O)C(F)(F)F)c(Br)cc2cc1Br. The molecule has 0 aliphatic rings. The van der Waals surface area contributed by atoms with E-state index in [1.807, 2.05) is 0 Å². The van der Waals surface area contributed by atoms with Crippen molar-refractivity contribution >= 4 is 120 Å².